The molecule has 1 saturated heterocycles. The SMILES string of the molecule is CC1[C@H]([C@H](C)C=O)O[Si](C(C)(C)C)(C(C)(C)C)O[C@@H]1[C@H](C)C=O. The van der Waals surface area contributed by atoms with Gasteiger partial charge in [-0.3, -0.25) is 0 Å². The van der Waals surface area contributed by atoms with Crippen molar-refractivity contribution in [2.24, 2.45) is 17.8 Å². The largest absolute Gasteiger partial charge is 0.389 e. The van der Waals surface area contributed by atoms with Gasteiger partial charge in [0.2, 0.25) is 0 Å². The highest BCUT2D eigenvalue weighted by Crippen LogP contribution is 2.56. The zero-order valence-corrected chi connectivity index (χ0v) is 17.2. The normalized spacial score (nSPS) is 31.3. The monoisotopic (exact) mass is 342 g/mol. The molecule has 5 heteroatoms. The Morgan fingerprint density at radius 3 is 1.35 bits per heavy atom. The third-order valence-corrected chi connectivity index (χ3v) is 10.2. The summed E-state index contributed by atoms with van der Waals surface area (Å²) < 4.78 is 13.3. The number of hydrogen-bond acceptors (Lipinski definition) is 4. The van der Waals surface area contributed by atoms with Gasteiger partial charge in [0.15, 0.2) is 0 Å². The van der Waals surface area contributed by atoms with Crippen LogP contribution in [0.3, 0.4) is 0 Å². The van der Waals surface area contributed by atoms with E-state index in [2.05, 4.69) is 41.5 Å². The van der Waals surface area contributed by atoms with E-state index in [9.17, 15) is 9.59 Å². The van der Waals surface area contributed by atoms with Crippen LogP contribution in [0.2, 0.25) is 10.1 Å². The number of hydrogen-bond donors (Lipinski definition) is 0. The van der Waals surface area contributed by atoms with E-state index in [-0.39, 0.29) is 40.0 Å². The zero-order chi connectivity index (χ0) is 18.2. The lowest BCUT2D eigenvalue weighted by molar-refractivity contribution is -0.131. The lowest BCUT2D eigenvalue weighted by atomic mass is 9.85. The van der Waals surface area contributed by atoms with Gasteiger partial charge in [-0.2, -0.15) is 0 Å². The van der Waals surface area contributed by atoms with E-state index in [1.807, 2.05) is 20.8 Å². The predicted octanol–water partition coefficient (Wildman–Crippen LogP) is 4.12. The van der Waals surface area contributed by atoms with Crippen molar-refractivity contribution in [1.29, 1.82) is 0 Å². The van der Waals surface area contributed by atoms with Gasteiger partial charge in [0.1, 0.15) is 12.6 Å². The molecular weight excluding hydrogens is 308 g/mol. The second-order valence-electron chi connectivity index (χ2n) is 9.13. The molecule has 23 heavy (non-hydrogen) atoms. The molecule has 1 rings (SSSR count). The van der Waals surface area contributed by atoms with Crippen LogP contribution < -0.4 is 0 Å². The molecular formula is C18H34O4Si. The smallest absolute Gasteiger partial charge is 0.349 e. The van der Waals surface area contributed by atoms with Crippen molar-refractivity contribution < 1.29 is 18.4 Å². The Bertz CT molecular complexity index is 395. The molecule has 5 atom stereocenters. The Balaban J connectivity index is 3.47. The van der Waals surface area contributed by atoms with E-state index in [0.717, 1.165) is 12.6 Å². The standard InChI is InChI=1S/C18H34O4Si/c1-12(10-19)15-14(3)16(13(2)11-20)22-23(21-15,17(4,5)6)18(7,8)9/h10-16H,1-9H3/t12-,13-,14?,15-,16+/m1/s1. The Labute approximate surface area is 142 Å². The molecule has 1 heterocycles. The molecule has 0 saturated carbocycles. The highest BCUT2D eigenvalue weighted by Gasteiger charge is 2.64. The molecule has 0 amide bonds. The van der Waals surface area contributed by atoms with Crippen LogP contribution in [0.4, 0.5) is 0 Å². The molecule has 0 spiro atoms. The fraction of sp³-hybridized carbons (Fsp3) is 0.889. The zero-order valence-electron chi connectivity index (χ0n) is 16.2. The number of carbonyl (C=O) groups is 2. The minimum Gasteiger partial charge on any atom is -0.389 e. The molecule has 1 fully saturated rings. The van der Waals surface area contributed by atoms with Gasteiger partial charge in [0.25, 0.3) is 0 Å². The molecule has 0 radical (unpaired) electrons. The maximum atomic E-state index is 11.4. The fourth-order valence-corrected chi connectivity index (χ4v) is 9.32. The van der Waals surface area contributed by atoms with Crippen molar-refractivity contribution in [2.45, 2.75) is 84.6 Å². The number of rotatable bonds is 4. The van der Waals surface area contributed by atoms with Crippen molar-refractivity contribution in [1.82, 2.24) is 0 Å². The van der Waals surface area contributed by atoms with Crippen LogP contribution in [0.15, 0.2) is 0 Å². The third kappa shape index (κ3) is 3.61. The minimum atomic E-state index is -2.73. The molecule has 0 bridgehead atoms. The molecule has 0 aromatic rings. The summed E-state index contributed by atoms with van der Waals surface area (Å²) >= 11 is 0. The average molecular weight is 343 g/mol. The number of carbonyl (C=O) groups excluding carboxylic acids is 2. The summed E-state index contributed by atoms with van der Waals surface area (Å²) in [6.07, 6.45) is 1.50. The van der Waals surface area contributed by atoms with Crippen LogP contribution in [0.5, 0.6) is 0 Å². The van der Waals surface area contributed by atoms with Crippen LogP contribution >= 0.6 is 0 Å². The molecule has 0 N–H and O–H groups in total. The maximum absolute atomic E-state index is 11.4. The van der Waals surface area contributed by atoms with E-state index in [1.54, 1.807) is 0 Å². The van der Waals surface area contributed by atoms with Gasteiger partial charge < -0.3 is 18.4 Å². The first-order chi connectivity index (χ1) is 10.3. The second kappa shape index (κ2) is 6.77. The summed E-state index contributed by atoms with van der Waals surface area (Å²) in [5.41, 5.74) is 0. The third-order valence-electron chi connectivity index (χ3n) is 5.08. The van der Waals surface area contributed by atoms with Gasteiger partial charge >= 0.3 is 8.56 Å². The van der Waals surface area contributed by atoms with Crippen molar-refractivity contribution >= 4 is 21.1 Å². The average Bonchev–Trinajstić information content (AvgIpc) is 2.43. The summed E-state index contributed by atoms with van der Waals surface area (Å²) in [7, 11) is -2.73. The van der Waals surface area contributed by atoms with Gasteiger partial charge in [0, 0.05) is 27.8 Å². The second-order valence-corrected chi connectivity index (χ2v) is 13.8. The van der Waals surface area contributed by atoms with E-state index < -0.39 is 8.56 Å². The number of aldehydes is 2. The first-order valence-corrected chi connectivity index (χ1v) is 10.4. The topological polar surface area (TPSA) is 52.6 Å². The van der Waals surface area contributed by atoms with Crippen LogP contribution in [-0.2, 0) is 18.4 Å². The van der Waals surface area contributed by atoms with E-state index in [4.69, 9.17) is 8.85 Å². The Kier molecular flexibility index (Phi) is 6.04. The van der Waals surface area contributed by atoms with Crippen molar-refractivity contribution in [2.75, 3.05) is 0 Å². The highest BCUT2D eigenvalue weighted by molar-refractivity contribution is 6.73. The summed E-state index contributed by atoms with van der Waals surface area (Å²) in [4.78, 5) is 22.9. The summed E-state index contributed by atoms with van der Waals surface area (Å²) in [5.74, 6) is -0.431. The quantitative estimate of drug-likeness (QED) is 0.570. The molecule has 1 aliphatic heterocycles. The Hall–Kier alpha value is -0.523. The lowest BCUT2D eigenvalue weighted by Crippen LogP contribution is -2.67. The van der Waals surface area contributed by atoms with Gasteiger partial charge in [-0.15, -0.1) is 0 Å². The van der Waals surface area contributed by atoms with Crippen LogP contribution in [0.1, 0.15) is 62.3 Å². The van der Waals surface area contributed by atoms with Crippen molar-refractivity contribution in [3.05, 3.63) is 0 Å². The molecule has 0 aliphatic carbocycles. The molecule has 134 valence electrons. The van der Waals surface area contributed by atoms with Gasteiger partial charge in [-0.1, -0.05) is 62.3 Å². The van der Waals surface area contributed by atoms with E-state index in [1.165, 1.54) is 0 Å². The molecule has 1 unspecified atom stereocenters. The van der Waals surface area contributed by atoms with Crippen LogP contribution in [0.25, 0.3) is 0 Å². The van der Waals surface area contributed by atoms with Crippen molar-refractivity contribution in [3.8, 4) is 0 Å². The maximum Gasteiger partial charge on any atom is 0.349 e. The first-order valence-electron chi connectivity index (χ1n) is 8.58. The lowest BCUT2D eigenvalue weighted by Gasteiger charge is -2.58. The van der Waals surface area contributed by atoms with E-state index >= 15 is 0 Å². The molecule has 1 aliphatic rings. The Morgan fingerprint density at radius 2 is 1.13 bits per heavy atom. The van der Waals surface area contributed by atoms with Gasteiger partial charge in [0.05, 0.1) is 12.2 Å². The summed E-state index contributed by atoms with van der Waals surface area (Å²) in [5, 5.41) is -0.347. The fourth-order valence-electron chi connectivity index (χ4n) is 3.97. The van der Waals surface area contributed by atoms with E-state index in [0.29, 0.717) is 0 Å². The minimum absolute atomic E-state index is 0.000671. The predicted molar refractivity (Wildman–Crippen MR) is 94.6 cm³/mol. The van der Waals surface area contributed by atoms with Gasteiger partial charge in [-0.25, -0.2) is 0 Å². The molecule has 0 aromatic heterocycles. The summed E-state index contributed by atoms with van der Waals surface area (Å²) in [6.45, 7) is 18.7. The summed E-state index contributed by atoms with van der Waals surface area (Å²) in [6, 6.07) is 0. The Morgan fingerprint density at radius 1 is 0.826 bits per heavy atom. The molecule has 0 aromatic carbocycles. The van der Waals surface area contributed by atoms with Gasteiger partial charge in [-0.05, 0) is 0 Å². The van der Waals surface area contributed by atoms with Crippen molar-refractivity contribution in [3.63, 3.8) is 0 Å². The highest BCUT2D eigenvalue weighted by atomic mass is 28.4. The first kappa shape index (κ1) is 20.5. The molecule has 4 nitrogen and oxygen atoms in total. The van der Waals surface area contributed by atoms with Crippen LogP contribution in [0, 0.1) is 17.8 Å². The van der Waals surface area contributed by atoms with Crippen LogP contribution in [-0.4, -0.2) is 33.3 Å².